The predicted molar refractivity (Wildman–Crippen MR) is 103 cm³/mol. The van der Waals surface area contributed by atoms with Crippen LogP contribution in [0.25, 0.3) is 0 Å². The molecular weight excluding hydrogens is 382 g/mol. The van der Waals surface area contributed by atoms with E-state index in [0.717, 1.165) is 0 Å². The fourth-order valence-electron chi connectivity index (χ4n) is 2.56. The van der Waals surface area contributed by atoms with Crippen molar-refractivity contribution in [3.8, 4) is 0 Å². The summed E-state index contributed by atoms with van der Waals surface area (Å²) in [6.45, 7) is 4.31. The average molecular weight is 405 g/mol. The minimum atomic E-state index is -3.57. The highest BCUT2D eigenvalue weighted by Crippen LogP contribution is 2.17. The predicted octanol–water partition coefficient (Wildman–Crippen LogP) is 2.86. The number of hydrogen-bond acceptors (Lipinski definition) is 6. The van der Waals surface area contributed by atoms with Crippen LogP contribution >= 0.6 is 0 Å². The van der Waals surface area contributed by atoms with Crippen LogP contribution in [-0.4, -0.2) is 44.9 Å². The molecule has 0 bridgehead atoms. The lowest BCUT2D eigenvalue weighted by atomic mass is 10.1. The van der Waals surface area contributed by atoms with Gasteiger partial charge in [-0.15, -0.1) is 0 Å². The van der Waals surface area contributed by atoms with Crippen molar-refractivity contribution in [3.05, 3.63) is 65.2 Å². The third-order valence-electron chi connectivity index (χ3n) is 4.18. The minimum Gasteiger partial charge on any atom is -0.465 e. The quantitative estimate of drug-likeness (QED) is 0.628. The first kappa shape index (κ1) is 21.6. The molecule has 0 saturated carbocycles. The molecule has 0 unspecified atom stereocenters. The second-order valence-electron chi connectivity index (χ2n) is 5.88. The summed E-state index contributed by atoms with van der Waals surface area (Å²) < 4.78 is 36.1. The van der Waals surface area contributed by atoms with E-state index in [9.17, 15) is 18.0 Å². The average Bonchev–Trinajstić information content (AvgIpc) is 2.72. The summed E-state index contributed by atoms with van der Waals surface area (Å²) in [7, 11) is -2.27. The molecule has 28 heavy (non-hydrogen) atoms. The Hall–Kier alpha value is -2.71. The molecule has 7 nitrogen and oxygen atoms in total. The van der Waals surface area contributed by atoms with Crippen LogP contribution < -0.4 is 0 Å². The molecule has 8 heteroatoms. The molecule has 0 N–H and O–H groups in total. The highest BCUT2D eigenvalue weighted by molar-refractivity contribution is 7.89. The van der Waals surface area contributed by atoms with Crippen molar-refractivity contribution >= 4 is 22.0 Å². The summed E-state index contributed by atoms with van der Waals surface area (Å²) in [5.74, 6) is -1.01. The lowest BCUT2D eigenvalue weighted by Crippen LogP contribution is -2.30. The Bertz CT molecular complexity index is 916. The molecule has 0 amide bonds. The third kappa shape index (κ3) is 4.96. The lowest BCUT2D eigenvalue weighted by Gasteiger charge is -2.18. The van der Waals surface area contributed by atoms with E-state index >= 15 is 0 Å². The normalized spacial score (nSPS) is 11.3. The van der Waals surface area contributed by atoms with E-state index < -0.39 is 22.0 Å². The van der Waals surface area contributed by atoms with E-state index in [0.29, 0.717) is 24.2 Å². The van der Waals surface area contributed by atoms with Gasteiger partial charge in [0.15, 0.2) is 0 Å². The SMILES string of the molecule is CCN(CC)S(=O)(=O)c1ccc(C(=O)OCc2ccc(C(=O)OC)cc2)cc1. The maximum Gasteiger partial charge on any atom is 0.338 e. The maximum atomic E-state index is 12.5. The summed E-state index contributed by atoms with van der Waals surface area (Å²) in [4.78, 5) is 23.7. The Kier molecular flexibility index (Phi) is 7.31. The van der Waals surface area contributed by atoms with Crippen molar-refractivity contribution in [2.45, 2.75) is 25.3 Å². The summed E-state index contributed by atoms with van der Waals surface area (Å²) >= 11 is 0. The lowest BCUT2D eigenvalue weighted by molar-refractivity contribution is 0.0471. The smallest absolute Gasteiger partial charge is 0.338 e. The first-order valence-electron chi connectivity index (χ1n) is 8.78. The molecule has 0 aliphatic carbocycles. The third-order valence-corrected chi connectivity index (χ3v) is 6.24. The van der Waals surface area contributed by atoms with Crippen LogP contribution in [0.2, 0.25) is 0 Å². The summed E-state index contributed by atoms with van der Waals surface area (Å²) in [6.07, 6.45) is 0. The van der Waals surface area contributed by atoms with Crippen molar-refractivity contribution < 1.29 is 27.5 Å². The van der Waals surface area contributed by atoms with Crippen LogP contribution in [0.1, 0.15) is 40.1 Å². The Balaban J connectivity index is 2.02. The van der Waals surface area contributed by atoms with Crippen molar-refractivity contribution in [1.29, 1.82) is 0 Å². The zero-order chi connectivity index (χ0) is 20.7. The fourth-order valence-corrected chi connectivity index (χ4v) is 4.02. The minimum absolute atomic E-state index is 0.0276. The first-order valence-corrected chi connectivity index (χ1v) is 10.2. The largest absolute Gasteiger partial charge is 0.465 e. The molecule has 2 rings (SSSR count). The van der Waals surface area contributed by atoms with Crippen molar-refractivity contribution in [2.24, 2.45) is 0 Å². The van der Waals surface area contributed by atoms with Gasteiger partial charge < -0.3 is 9.47 Å². The van der Waals surface area contributed by atoms with Gasteiger partial charge in [0, 0.05) is 13.1 Å². The summed E-state index contributed by atoms with van der Waals surface area (Å²) in [6, 6.07) is 12.2. The number of methoxy groups -OCH3 is 1. The van der Waals surface area contributed by atoms with Crippen molar-refractivity contribution in [1.82, 2.24) is 4.31 Å². The van der Waals surface area contributed by atoms with Gasteiger partial charge in [0.05, 0.1) is 23.1 Å². The Morgan fingerprint density at radius 2 is 1.36 bits per heavy atom. The van der Waals surface area contributed by atoms with Gasteiger partial charge in [0.25, 0.3) is 0 Å². The van der Waals surface area contributed by atoms with Gasteiger partial charge in [-0.1, -0.05) is 26.0 Å². The Morgan fingerprint density at radius 1 is 0.857 bits per heavy atom. The first-order chi connectivity index (χ1) is 13.3. The molecule has 0 saturated heterocycles. The highest BCUT2D eigenvalue weighted by atomic mass is 32.2. The number of rotatable bonds is 8. The molecule has 150 valence electrons. The summed E-state index contributed by atoms with van der Waals surface area (Å²) in [5.41, 5.74) is 1.37. The van der Waals surface area contributed by atoms with Crippen molar-refractivity contribution in [3.63, 3.8) is 0 Å². The molecule has 2 aromatic carbocycles. The van der Waals surface area contributed by atoms with E-state index in [1.54, 1.807) is 38.1 Å². The Labute approximate surface area is 164 Å². The van der Waals surface area contributed by atoms with Crippen LogP contribution in [0, 0.1) is 0 Å². The zero-order valence-corrected chi connectivity index (χ0v) is 16.9. The second-order valence-corrected chi connectivity index (χ2v) is 7.82. The second kappa shape index (κ2) is 9.48. The number of carbonyl (C=O) groups is 2. The number of nitrogens with zero attached hydrogens (tertiary/aromatic N) is 1. The molecule has 0 fully saturated rings. The number of esters is 2. The molecule has 0 heterocycles. The maximum absolute atomic E-state index is 12.5. The molecule has 0 aliphatic rings. The molecule has 0 spiro atoms. The number of hydrogen-bond donors (Lipinski definition) is 0. The monoisotopic (exact) mass is 405 g/mol. The van der Waals surface area contributed by atoms with Gasteiger partial charge >= 0.3 is 11.9 Å². The van der Waals surface area contributed by atoms with Gasteiger partial charge in [0.1, 0.15) is 6.61 Å². The number of ether oxygens (including phenoxy) is 2. The van der Waals surface area contributed by atoms with Gasteiger partial charge in [-0.25, -0.2) is 18.0 Å². The van der Waals surface area contributed by atoms with E-state index in [-0.39, 0.29) is 17.1 Å². The number of carbonyl (C=O) groups excluding carboxylic acids is 2. The van der Waals surface area contributed by atoms with Gasteiger partial charge in [0.2, 0.25) is 10.0 Å². The van der Waals surface area contributed by atoms with Crippen LogP contribution in [0.5, 0.6) is 0 Å². The van der Waals surface area contributed by atoms with E-state index in [4.69, 9.17) is 4.74 Å². The molecular formula is C20H23NO6S. The van der Waals surface area contributed by atoms with Crippen LogP contribution in [0.15, 0.2) is 53.4 Å². The van der Waals surface area contributed by atoms with E-state index in [1.165, 1.54) is 35.7 Å². The van der Waals surface area contributed by atoms with E-state index in [2.05, 4.69) is 4.74 Å². The fraction of sp³-hybridized carbons (Fsp3) is 0.300. The number of sulfonamides is 1. The highest BCUT2D eigenvalue weighted by Gasteiger charge is 2.21. The zero-order valence-electron chi connectivity index (χ0n) is 16.0. The molecule has 2 aromatic rings. The molecule has 0 radical (unpaired) electrons. The molecule has 0 aliphatic heterocycles. The summed E-state index contributed by atoms with van der Waals surface area (Å²) in [5, 5.41) is 0. The van der Waals surface area contributed by atoms with Crippen molar-refractivity contribution in [2.75, 3.05) is 20.2 Å². The van der Waals surface area contributed by atoms with Gasteiger partial charge in [-0.3, -0.25) is 0 Å². The van der Waals surface area contributed by atoms with E-state index in [1.807, 2.05) is 0 Å². The standard InChI is InChI=1S/C20H23NO6S/c1-4-21(5-2)28(24,25)18-12-10-17(11-13-18)20(23)27-14-15-6-8-16(9-7-15)19(22)26-3/h6-13H,4-5,14H2,1-3H3. The Morgan fingerprint density at radius 3 is 1.86 bits per heavy atom. The van der Waals surface area contributed by atoms with Crippen LogP contribution in [0.4, 0.5) is 0 Å². The number of benzene rings is 2. The van der Waals surface area contributed by atoms with Crippen LogP contribution in [-0.2, 0) is 26.1 Å². The van der Waals surface area contributed by atoms with Gasteiger partial charge in [-0.05, 0) is 42.0 Å². The van der Waals surface area contributed by atoms with Crippen LogP contribution in [0.3, 0.4) is 0 Å². The topological polar surface area (TPSA) is 90.0 Å². The van der Waals surface area contributed by atoms with Gasteiger partial charge in [-0.2, -0.15) is 4.31 Å². The molecule has 0 atom stereocenters. The molecule has 0 aromatic heterocycles.